The van der Waals surface area contributed by atoms with Crippen molar-refractivity contribution in [3.05, 3.63) is 29.8 Å². The third kappa shape index (κ3) is 1.05. The van der Waals surface area contributed by atoms with E-state index < -0.39 is 10.6 Å². The molecular formula is C8H10O2S. The highest BCUT2D eigenvalue weighted by Crippen LogP contribution is 2.54. The highest BCUT2D eigenvalue weighted by Gasteiger charge is 2.25. The van der Waals surface area contributed by atoms with Crippen LogP contribution in [0.1, 0.15) is 5.56 Å². The molecule has 11 heavy (non-hydrogen) atoms. The summed E-state index contributed by atoms with van der Waals surface area (Å²) < 4.78 is 19.0. The normalized spacial score (nSPS) is 22.7. The van der Waals surface area contributed by atoms with Crippen molar-refractivity contribution in [3.8, 4) is 0 Å². The molecule has 0 radical (unpaired) electrons. The molecule has 3 heteroatoms. The molecule has 0 atom stereocenters. The fourth-order valence-electron chi connectivity index (χ4n) is 1.39. The van der Waals surface area contributed by atoms with Gasteiger partial charge in [-0.3, -0.25) is 9.11 Å². The average molecular weight is 170 g/mol. The molecule has 0 fully saturated rings. The van der Waals surface area contributed by atoms with E-state index in [1.807, 2.05) is 18.2 Å². The van der Waals surface area contributed by atoms with Crippen molar-refractivity contribution in [2.24, 2.45) is 0 Å². The van der Waals surface area contributed by atoms with Crippen LogP contribution in [-0.2, 0) is 6.42 Å². The van der Waals surface area contributed by atoms with Crippen LogP contribution < -0.4 is 0 Å². The number of benzene rings is 1. The molecule has 0 saturated carbocycles. The van der Waals surface area contributed by atoms with E-state index in [0.29, 0.717) is 5.75 Å². The largest absolute Gasteiger partial charge is 0.295 e. The number of aryl methyl sites for hydroxylation is 1. The maximum atomic E-state index is 9.49. The molecule has 0 bridgehead atoms. The second kappa shape index (κ2) is 2.24. The Hall–Kier alpha value is -0.510. The molecule has 1 heterocycles. The second-order valence-corrected chi connectivity index (χ2v) is 4.91. The standard InChI is InChI=1S/C8H10O2S/c9-11(10)6-5-7-3-1-2-4-8(7)11/h1-4,9-10H,5-6H2. The van der Waals surface area contributed by atoms with Gasteiger partial charge >= 0.3 is 0 Å². The number of fused-ring (bicyclic) bond motifs is 1. The van der Waals surface area contributed by atoms with Crippen LogP contribution in [0.2, 0.25) is 0 Å². The highest BCUT2D eigenvalue weighted by atomic mass is 32.3. The number of hydrogen-bond donors (Lipinski definition) is 2. The van der Waals surface area contributed by atoms with Gasteiger partial charge in [0, 0.05) is 5.75 Å². The van der Waals surface area contributed by atoms with Crippen LogP contribution in [0.25, 0.3) is 0 Å². The summed E-state index contributed by atoms with van der Waals surface area (Å²) in [6, 6.07) is 7.53. The first-order valence-corrected chi connectivity index (χ1v) is 5.25. The molecule has 1 aromatic carbocycles. The van der Waals surface area contributed by atoms with Crippen molar-refractivity contribution in [3.63, 3.8) is 0 Å². The van der Waals surface area contributed by atoms with Crippen molar-refractivity contribution >= 4 is 10.6 Å². The zero-order valence-electron chi connectivity index (χ0n) is 6.03. The van der Waals surface area contributed by atoms with Crippen LogP contribution in [0.4, 0.5) is 0 Å². The summed E-state index contributed by atoms with van der Waals surface area (Å²) >= 11 is 0. The topological polar surface area (TPSA) is 40.5 Å². The monoisotopic (exact) mass is 170 g/mol. The van der Waals surface area contributed by atoms with Gasteiger partial charge in [-0.15, -0.1) is 0 Å². The van der Waals surface area contributed by atoms with E-state index in [1.54, 1.807) is 6.07 Å². The minimum atomic E-state index is -2.41. The van der Waals surface area contributed by atoms with Gasteiger partial charge in [-0.05, 0) is 18.1 Å². The summed E-state index contributed by atoms with van der Waals surface area (Å²) in [7, 11) is -2.41. The Morgan fingerprint density at radius 2 is 1.91 bits per heavy atom. The summed E-state index contributed by atoms with van der Waals surface area (Å²) in [6.45, 7) is 0. The predicted octanol–water partition coefficient (Wildman–Crippen LogP) is 2.35. The number of hydrogen-bond acceptors (Lipinski definition) is 2. The van der Waals surface area contributed by atoms with Crippen molar-refractivity contribution in [2.75, 3.05) is 5.75 Å². The van der Waals surface area contributed by atoms with Crippen LogP contribution in [0.15, 0.2) is 29.2 Å². The summed E-state index contributed by atoms with van der Waals surface area (Å²) in [5.41, 5.74) is 1.09. The van der Waals surface area contributed by atoms with Crippen LogP contribution >= 0.6 is 10.6 Å². The molecule has 0 aliphatic carbocycles. The first kappa shape index (κ1) is 7.16. The lowest BCUT2D eigenvalue weighted by Gasteiger charge is -2.26. The van der Waals surface area contributed by atoms with Crippen LogP contribution in [0, 0.1) is 0 Å². The third-order valence-electron chi connectivity index (χ3n) is 1.98. The van der Waals surface area contributed by atoms with Gasteiger partial charge in [0.15, 0.2) is 0 Å². The Kier molecular flexibility index (Phi) is 1.45. The molecule has 2 rings (SSSR count). The van der Waals surface area contributed by atoms with Gasteiger partial charge in [-0.25, -0.2) is 0 Å². The van der Waals surface area contributed by atoms with E-state index in [9.17, 15) is 9.11 Å². The Morgan fingerprint density at radius 1 is 1.18 bits per heavy atom. The van der Waals surface area contributed by atoms with Gasteiger partial charge in [0.1, 0.15) is 0 Å². The van der Waals surface area contributed by atoms with E-state index in [4.69, 9.17) is 0 Å². The SMILES string of the molecule is OS1(O)CCc2ccccc21. The molecule has 1 aromatic rings. The van der Waals surface area contributed by atoms with Crippen molar-refractivity contribution in [1.82, 2.24) is 0 Å². The molecule has 60 valence electrons. The molecule has 1 aliphatic heterocycles. The predicted molar refractivity (Wildman–Crippen MR) is 46.1 cm³/mol. The summed E-state index contributed by atoms with van der Waals surface area (Å²) in [5, 5.41) is 0. The Labute approximate surface area is 67.2 Å². The summed E-state index contributed by atoms with van der Waals surface area (Å²) in [5.74, 6) is 0.506. The van der Waals surface area contributed by atoms with Crippen molar-refractivity contribution in [2.45, 2.75) is 11.3 Å². The highest BCUT2D eigenvalue weighted by molar-refractivity contribution is 8.24. The molecule has 0 saturated heterocycles. The van der Waals surface area contributed by atoms with Gasteiger partial charge in [-0.1, -0.05) is 18.2 Å². The first-order chi connectivity index (χ1) is 5.20. The third-order valence-corrected chi connectivity index (χ3v) is 3.86. The molecule has 0 aromatic heterocycles. The van der Waals surface area contributed by atoms with Gasteiger partial charge in [0.05, 0.1) is 4.90 Å². The van der Waals surface area contributed by atoms with E-state index in [-0.39, 0.29) is 0 Å². The minimum absolute atomic E-state index is 0.506. The molecule has 2 N–H and O–H groups in total. The molecule has 0 amide bonds. The maximum absolute atomic E-state index is 9.49. The van der Waals surface area contributed by atoms with Crippen molar-refractivity contribution < 1.29 is 9.11 Å². The lowest BCUT2D eigenvalue weighted by Crippen LogP contribution is -1.95. The summed E-state index contributed by atoms with van der Waals surface area (Å²) in [6.07, 6.45) is 0.804. The fourth-order valence-corrected chi connectivity index (χ4v) is 3.00. The quantitative estimate of drug-likeness (QED) is 0.627. The van der Waals surface area contributed by atoms with Crippen molar-refractivity contribution in [1.29, 1.82) is 0 Å². The minimum Gasteiger partial charge on any atom is -0.295 e. The number of rotatable bonds is 0. The Bertz CT molecular complexity index is 283. The van der Waals surface area contributed by atoms with E-state index in [2.05, 4.69) is 0 Å². The molecule has 0 unspecified atom stereocenters. The van der Waals surface area contributed by atoms with E-state index in [0.717, 1.165) is 16.9 Å². The molecule has 1 aliphatic rings. The van der Waals surface area contributed by atoms with Gasteiger partial charge in [0.2, 0.25) is 0 Å². The molecular weight excluding hydrogens is 160 g/mol. The zero-order chi connectivity index (χ0) is 7.90. The van der Waals surface area contributed by atoms with Crippen LogP contribution in [0.3, 0.4) is 0 Å². The smallest absolute Gasteiger partial charge is 0.0616 e. The van der Waals surface area contributed by atoms with Gasteiger partial charge < -0.3 is 0 Å². The Balaban J connectivity index is 2.56. The second-order valence-electron chi connectivity index (χ2n) is 2.73. The van der Waals surface area contributed by atoms with Crippen LogP contribution in [-0.4, -0.2) is 14.9 Å². The average Bonchev–Trinajstić information content (AvgIpc) is 2.29. The fraction of sp³-hybridized carbons (Fsp3) is 0.250. The molecule has 2 nitrogen and oxygen atoms in total. The van der Waals surface area contributed by atoms with Gasteiger partial charge in [-0.2, -0.15) is 10.6 Å². The lowest BCUT2D eigenvalue weighted by molar-refractivity contribution is 0.492. The van der Waals surface area contributed by atoms with E-state index in [1.165, 1.54) is 0 Å². The summed E-state index contributed by atoms with van der Waals surface area (Å²) in [4.78, 5) is 0.750. The van der Waals surface area contributed by atoms with Gasteiger partial charge in [0.25, 0.3) is 0 Å². The van der Waals surface area contributed by atoms with E-state index >= 15 is 0 Å². The maximum Gasteiger partial charge on any atom is 0.0616 e. The van der Waals surface area contributed by atoms with Crippen LogP contribution in [0.5, 0.6) is 0 Å². The zero-order valence-corrected chi connectivity index (χ0v) is 6.84. The Morgan fingerprint density at radius 3 is 2.64 bits per heavy atom. The lowest BCUT2D eigenvalue weighted by atomic mass is 10.2. The molecule has 0 spiro atoms. The first-order valence-electron chi connectivity index (χ1n) is 3.54.